The van der Waals surface area contributed by atoms with Gasteiger partial charge in [0.2, 0.25) is 10.0 Å². The molecule has 5 heteroatoms. The molecule has 77 valence electrons. The van der Waals surface area contributed by atoms with Crippen LogP contribution in [-0.2, 0) is 16.6 Å². The zero-order chi connectivity index (χ0) is 10.8. The lowest BCUT2D eigenvalue weighted by Crippen LogP contribution is -2.24. The predicted octanol–water partition coefficient (Wildman–Crippen LogP) is 0.865. The Bertz CT molecular complexity index is 415. The molecule has 0 saturated heterocycles. The molecule has 0 aliphatic heterocycles. The van der Waals surface area contributed by atoms with Crippen molar-refractivity contribution in [1.29, 1.82) is 0 Å². The van der Waals surface area contributed by atoms with Crippen LogP contribution in [-0.4, -0.2) is 21.7 Å². The first-order valence-electron chi connectivity index (χ1n) is 4.12. The van der Waals surface area contributed by atoms with Crippen molar-refractivity contribution < 1.29 is 8.42 Å². The van der Waals surface area contributed by atoms with Gasteiger partial charge in [0.25, 0.3) is 0 Å². The number of rotatable bonds is 3. The molecule has 0 heterocycles. The van der Waals surface area contributed by atoms with Gasteiger partial charge in [-0.05, 0) is 17.7 Å². The zero-order valence-electron chi connectivity index (χ0n) is 8.19. The van der Waals surface area contributed by atoms with Gasteiger partial charge in [0.05, 0.1) is 11.9 Å². The molecule has 0 saturated carbocycles. The molecule has 0 unspecified atom stereocenters. The number of hydrogen-bond acceptors (Lipinski definition) is 2. The number of nitrogens with zero attached hydrogens (tertiary/aromatic N) is 1. The second-order valence-electron chi connectivity index (χ2n) is 3.08. The molecule has 0 bridgehead atoms. The Labute approximate surface area is 84.4 Å². The lowest BCUT2D eigenvalue weighted by atomic mass is 10.2. The standard InChI is InChI=1S/C9H13N2O2S/c1-11(14(2,12)13)9-5-3-4-8(6-9)7-10/h3-6,10H,7H2,1-2H3. The van der Waals surface area contributed by atoms with Crippen LogP contribution in [0.5, 0.6) is 0 Å². The molecular weight excluding hydrogens is 200 g/mol. The second kappa shape index (κ2) is 3.98. The van der Waals surface area contributed by atoms with E-state index in [-0.39, 0.29) is 6.54 Å². The minimum absolute atomic E-state index is 0.158. The maximum atomic E-state index is 11.2. The third kappa shape index (κ3) is 2.46. The van der Waals surface area contributed by atoms with Crippen LogP contribution in [0.25, 0.3) is 0 Å². The lowest BCUT2D eigenvalue weighted by Gasteiger charge is -2.16. The quantitative estimate of drug-likeness (QED) is 0.747. The molecular formula is C9H13N2O2S. The topological polar surface area (TPSA) is 61.2 Å². The lowest BCUT2D eigenvalue weighted by molar-refractivity contribution is 0.600. The smallest absolute Gasteiger partial charge is 0.231 e. The Morgan fingerprint density at radius 2 is 2.07 bits per heavy atom. The largest absolute Gasteiger partial charge is 0.274 e. The van der Waals surface area contributed by atoms with Gasteiger partial charge in [-0.3, -0.25) is 10.0 Å². The Morgan fingerprint density at radius 3 is 2.57 bits per heavy atom. The van der Waals surface area contributed by atoms with Crippen molar-refractivity contribution in [3.05, 3.63) is 29.8 Å². The van der Waals surface area contributed by atoms with Crippen LogP contribution >= 0.6 is 0 Å². The monoisotopic (exact) mass is 213 g/mol. The van der Waals surface area contributed by atoms with Gasteiger partial charge in [-0.25, -0.2) is 8.42 Å². The first-order valence-corrected chi connectivity index (χ1v) is 5.97. The number of sulfonamides is 1. The van der Waals surface area contributed by atoms with Gasteiger partial charge in [0, 0.05) is 13.6 Å². The first kappa shape index (κ1) is 11.0. The van der Waals surface area contributed by atoms with E-state index in [0.717, 1.165) is 11.8 Å². The molecule has 0 aliphatic carbocycles. The summed E-state index contributed by atoms with van der Waals surface area (Å²) >= 11 is 0. The number of hydrogen-bond donors (Lipinski definition) is 0. The summed E-state index contributed by atoms with van der Waals surface area (Å²) in [7, 11) is -1.71. The summed E-state index contributed by atoms with van der Waals surface area (Å²) in [6.07, 6.45) is 1.15. The average molecular weight is 213 g/mol. The van der Waals surface area contributed by atoms with Gasteiger partial charge in [-0.15, -0.1) is 0 Å². The van der Waals surface area contributed by atoms with Crippen LogP contribution in [0.4, 0.5) is 5.69 Å². The normalized spacial score (nSPS) is 11.4. The van der Waals surface area contributed by atoms with E-state index < -0.39 is 10.0 Å². The molecule has 0 atom stereocenters. The van der Waals surface area contributed by atoms with E-state index in [1.165, 1.54) is 11.4 Å². The summed E-state index contributed by atoms with van der Waals surface area (Å²) in [5.74, 6) is 0. The van der Waals surface area contributed by atoms with Gasteiger partial charge in [-0.1, -0.05) is 12.1 Å². The summed E-state index contributed by atoms with van der Waals surface area (Å²) in [5.41, 5.74) is 8.57. The van der Waals surface area contributed by atoms with Crippen LogP contribution in [0.1, 0.15) is 5.56 Å². The van der Waals surface area contributed by atoms with Gasteiger partial charge in [-0.2, -0.15) is 0 Å². The molecule has 1 aromatic carbocycles. The maximum absolute atomic E-state index is 11.2. The van der Waals surface area contributed by atoms with Crippen molar-refractivity contribution in [2.24, 2.45) is 0 Å². The van der Waals surface area contributed by atoms with Gasteiger partial charge in [0.1, 0.15) is 0 Å². The molecule has 1 aromatic rings. The number of benzene rings is 1. The van der Waals surface area contributed by atoms with Crippen LogP contribution < -0.4 is 10.0 Å². The fraction of sp³-hybridized carbons (Fsp3) is 0.333. The highest BCUT2D eigenvalue weighted by Crippen LogP contribution is 2.16. The maximum Gasteiger partial charge on any atom is 0.231 e. The molecule has 14 heavy (non-hydrogen) atoms. The third-order valence-electron chi connectivity index (χ3n) is 1.98. The molecule has 0 amide bonds. The van der Waals surface area contributed by atoms with Crippen molar-refractivity contribution in [1.82, 2.24) is 5.73 Å². The zero-order valence-corrected chi connectivity index (χ0v) is 9.00. The van der Waals surface area contributed by atoms with E-state index in [1.54, 1.807) is 24.3 Å². The molecule has 0 spiro atoms. The second-order valence-corrected chi connectivity index (χ2v) is 5.09. The fourth-order valence-electron chi connectivity index (χ4n) is 1.05. The molecule has 0 aromatic heterocycles. The van der Waals surface area contributed by atoms with Crippen molar-refractivity contribution in [2.45, 2.75) is 6.54 Å². The molecule has 4 nitrogen and oxygen atoms in total. The summed E-state index contributed by atoms with van der Waals surface area (Å²) in [4.78, 5) is 0. The minimum atomic E-state index is -3.21. The van der Waals surface area contributed by atoms with E-state index in [2.05, 4.69) is 0 Å². The van der Waals surface area contributed by atoms with E-state index in [4.69, 9.17) is 5.73 Å². The summed E-state index contributed by atoms with van der Waals surface area (Å²) in [5, 5.41) is 0. The Kier molecular flexibility index (Phi) is 3.13. The summed E-state index contributed by atoms with van der Waals surface area (Å²) in [6.45, 7) is 0.158. The highest BCUT2D eigenvalue weighted by atomic mass is 32.2. The van der Waals surface area contributed by atoms with Crippen molar-refractivity contribution in [3.8, 4) is 0 Å². The molecule has 1 radical (unpaired) electrons. The number of anilines is 1. The van der Waals surface area contributed by atoms with Crippen LogP contribution in [0, 0.1) is 0 Å². The first-order chi connectivity index (χ1) is 6.45. The molecule has 0 fully saturated rings. The minimum Gasteiger partial charge on any atom is -0.274 e. The van der Waals surface area contributed by atoms with Crippen molar-refractivity contribution in [2.75, 3.05) is 17.6 Å². The predicted molar refractivity (Wildman–Crippen MR) is 56.5 cm³/mol. The van der Waals surface area contributed by atoms with E-state index in [1.807, 2.05) is 0 Å². The van der Waals surface area contributed by atoms with Crippen molar-refractivity contribution >= 4 is 15.7 Å². The Balaban J connectivity index is 3.08. The Hall–Kier alpha value is -1.07. The van der Waals surface area contributed by atoms with Gasteiger partial charge >= 0.3 is 0 Å². The van der Waals surface area contributed by atoms with E-state index in [0.29, 0.717) is 5.69 Å². The fourth-order valence-corrected chi connectivity index (χ4v) is 1.55. The SMILES string of the molecule is CN(c1cccc(C[NH])c1)S(C)(=O)=O. The van der Waals surface area contributed by atoms with Crippen LogP contribution in [0.15, 0.2) is 24.3 Å². The summed E-state index contributed by atoms with van der Waals surface area (Å²) in [6, 6.07) is 6.96. The van der Waals surface area contributed by atoms with E-state index >= 15 is 0 Å². The number of nitrogens with one attached hydrogen (secondary N) is 1. The summed E-state index contributed by atoms with van der Waals surface area (Å²) < 4.78 is 23.6. The molecule has 1 N–H and O–H groups in total. The molecule has 0 aliphatic rings. The highest BCUT2D eigenvalue weighted by molar-refractivity contribution is 7.92. The van der Waals surface area contributed by atoms with Crippen molar-refractivity contribution in [3.63, 3.8) is 0 Å². The average Bonchev–Trinajstić information content (AvgIpc) is 2.15. The van der Waals surface area contributed by atoms with Crippen LogP contribution in [0.2, 0.25) is 0 Å². The van der Waals surface area contributed by atoms with Crippen LogP contribution in [0.3, 0.4) is 0 Å². The molecule has 1 rings (SSSR count). The van der Waals surface area contributed by atoms with E-state index in [9.17, 15) is 8.42 Å². The van der Waals surface area contributed by atoms with Gasteiger partial charge in [0.15, 0.2) is 0 Å². The third-order valence-corrected chi connectivity index (χ3v) is 3.18. The Morgan fingerprint density at radius 1 is 1.43 bits per heavy atom. The highest BCUT2D eigenvalue weighted by Gasteiger charge is 2.11. The van der Waals surface area contributed by atoms with Gasteiger partial charge < -0.3 is 0 Å².